The molecule has 2 rings (SSSR count). The summed E-state index contributed by atoms with van der Waals surface area (Å²) in [5, 5.41) is 9.78. The second-order valence-corrected chi connectivity index (χ2v) is 4.88. The molecule has 0 spiro atoms. The van der Waals surface area contributed by atoms with Crippen molar-refractivity contribution < 1.29 is 0 Å². The van der Waals surface area contributed by atoms with Crippen molar-refractivity contribution in [3.63, 3.8) is 0 Å². The van der Waals surface area contributed by atoms with E-state index in [-0.39, 0.29) is 0 Å². The van der Waals surface area contributed by atoms with Gasteiger partial charge in [0, 0.05) is 12.6 Å². The van der Waals surface area contributed by atoms with E-state index in [1.807, 2.05) is 12.1 Å². The Labute approximate surface area is 108 Å². The van der Waals surface area contributed by atoms with Crippen LogP contribution < -0.4 is 4.90 Å². The summed E-state index contributed by atoms with van der Waals surface area (Å²) in [5.74, 6) is 0. The zero-order valence-corrected chi connectivity index (χ0v) is 10.9. The number of nitrogens with zero attached hydrogens (tertiary/aromatic N) is 2. The second-order valence-electron chi connectivity index (χ2n) is 4.47. The lowest BCUT2D eigenvalue weighted by atomic mass is 10.1. The molecule has 1 aliphatic rings. The maximum absolute atomic E-state index is 9.23. The highest BCUT2D eigenvalue weighted by Crippen LogP contribution is 2.32. The zero-order chi connectivity index (χ0) is 12.3. The van der Waals surface area contributed by atoms with Gasteiger partial charge in [0.2, 0.25) is 0 Å². The highest BCUT2D eigenvalue weighted by Gasteiger charge is 2.23. The Hall–Kier alpha value is -1.20. The van der Waals surface area contributed by atoms with Crippen molar-refractivity contribution in [1.29, 1.82) is 5.26 Å². The van der Waals surface area contributed by atoms with Crippen LogP contribution in [0.4, 0.5) is 5.69 Å². The number of hydrogen-bond donors (Lipinski definition) is 0. The van der Waals surface area contributed by atoms with Crippen LogP contribution in [-0.4, -0.2) is 12.6 Å². The molecule has 1 aromatic rings. The third-order valence-corrected chi connectivity index (χ3v) is 3.83. The summed E-state index contributed by atoms with van der Waals surface area (Å²) in [6.45, 7) is 3.07. The second kappa shape index (κ2) is 5.42. The zero-order valence-electron chi connectivity index (χ0n) is 10.1. The minimum Gasteiger partial charge on any atom is -0.368 e. The molecule has 2 nitrogen and oxygen atoms in total. The first-order valence-electron chi connectivity index (χ1n) is 6.23. The standard InChI is InChI=1S/C14H17ClN2/c1-2-17(11-6-3-4-7-11)14-9-5-8-13(15)12(14)10-16/h5,8-9,11H,2-4,6-7H2,1H3. The molecular formula is C14H17ClN2. The third-order valence-electron chi connectivity index (χ3n) is 3.52. The van der Waals surface area contributed by atoms with Gasteiger partial charge in [0.1, 0.15) is 6.07 Å². The summed E-state index contributed by atoms with van der Waals surface area (Å²) < 4.78 is 0. The van der Waals surface area contributed by atoms with Gasteiger partial charge in [-0.2, -0.15) is 5.26 Å². The van der Waals surface area contributed by atoms with Gasteiger partial charge in [-0.3, -0.25) is 0 Å². The van der Waals surface area contributed by atoms with Crippen LogP contribution in [0.5, 0.6) is 0 Å². The molecular weight excluding hydrogens is 232 g/mol. The Morgan fingerprint density at radius 1 is 1.41 bits per heavy atom. The fraction of sp³-hybridized carbons (Fsp3) is 0.500. The summed E-state index contributed by atoms with van der Waals surface area (Å²) in [5.41, 5.74) is 1.61. The number of rotatable bonds is 3. The van der Waals surface area contributed by atoms with Crippen LogP contribution in [0, 0.1) is 11.3 Å². The van der Waals surface area contributed by atoms with E-state index in [9.17, 15) is 5.26 Å². The largest absolute Gasteiger partial charge is 0.368 e. The normalized spacial score (nSPS) is 15.8. The number of halogens is 1. The molecule has 3 heteroatoms. The van der Waals surface area contributed by atoms with Gasteiger partial charge in [0.15, 0.2) is 0 Å². The minimum absolute atomic E-state index is 0.557. The maximum Gasteiger partial charge on any atom is 0.103 e. The first-order valence-corrected chi connectivity index (χ1v) is 6.61. The van der Waals surface area contributed by atoms with Gasteiger partial charge in [-0.1, -0.05) is 30.5 Å². The van der Waals surface area contributed by atoms with Gasteiger partial charge in [-0.15, -0.1) is 0 Å². The van der Waals surface area contributed by atoms with Crippen molar-refractivity contribution in [3.8, 4) is 6.07 Å². The van der Waals surface area contributed by atoms with Gasteiger partial charge in [0.25, 0.3) is 0 Å². The van der Waals surface area contributed by atoms with E-state index in [0.29, 0.717) is 16.6 Å². The van der Waals surface area contributed by atoms with Crippen LogP contribution in [0.15, 0.2) is 18.2 Å². The van der Waals surface area contributed by atoms with Crippen LogP contribution in [0.25, 0.3) is 0 Å². The van der Waals surface area contributed by atoms with Crippen molar-refractivity contribution in [2.75, 3.05) is 11.4 Å². The summed E-state index contributed by atoms with van der Waals surface area (Å²) >= 11 is 6.09. The van der Waals surface area contributed by atoms with Gasteiger partial charge in [-0.25, -0.2) is 0 Å². The Balaban J connectivity index is 2.37. The third kappa shape index (κ3) is 2.40. The molecule has 0 heterocycles. The Kier molecular flexibility index (Phi) is 3.91. The first kappa shape index (κ1) is 12.3. The fourth-order valence-electron chi connectivity index (χ4n) is 2.70. The molecule has 1 aliphatic carbocycles. The summed E-state index contributed by atoms with van der Waals surface area (Å²) in [4.78, 5) is 2.33. The molecule has 0 aliphatic heterocycles. The van der Waals surface area contributed by atoms with E-state index < -0.39 is 0 Å². The highest BCUT2D eigenvalue weighted by molar-refractivity contribution is 6.32. The number of anilines is 1. The predicted molar refractivity (Wildman–Crippen MR) is 71.4 cm³/mol. The van der Waals surface area contributed by atoms with Crippen molar-refractivity contribution >= 4 is 17.3 Å². The predicted octanol–water partition coefficient (Wildman–Crippen LogP) is 3.98. The number of hydrogen-bond acceptors (Lipinski definition) is 2. The van der Waals surface area contributed by atoms with Gasteiger partial charge in [-0.05, 0) is 31.9 Å². The molecule has 1 fully saturated rings. The average Bonchev–Trinajstić information content (AvgIpc) is 2.84. The van der Waals surface area contributed by atoms with Crippen molar-refractivity contribution in [3.05, 3.63) is 28.8 Å². The first-order chi connectivity index (χ1) is 8.27. The molecule has 90 valence electrons. The molecule has 0 aromatic heterocycles. The Morgan fingerprint density at radius 2 is 2.12 bits per heavy atom. The Bertz CT molecular complexity index is 430. The minimum atomic E-state index is 0.557. The van der Waals surface area contributed by atoms with E-state index in [1.165, 1.54) is 25.7 Å². The maximum atomic E-state index is 9.23. The van der Waals surface area contributed by atoms with E-state index in [0.717, 1.165) is 12.2 Å². The van der Waals surface area contributed by atoms with Crippen LogP contribution in [0.2, 0.25) is 5.02 Å². The molecule has 0 saturated heterocycles. The van der Waals surface area contributed by atoms with Gasteiger partial charge in [0.05, 0.1) is 16.3 Å². The summed E-state index contributed by atoms with van der Waals surface area (Å²) in [7, 11) is 0. The molecule has 0 bridgehead atoms. The van der Waals surface area contributed by atoms with E-state index in [2.05, 4.69) is 17.9 Å². The van der Waals surface area contributed by atoms with E-state index in [1.54, 1.807) is 6.07 Å². The molecule has 1 saturated carbocycles. The van der Waals surface area contributed by atoms with Crippen LogP contribution in [-0.2, 0) is 0 Å². The summed E-state index contributed by atoms with van der Waals surface area (Å²) in [6, 6.07) is 8.52. The monoisotopic (exact) mass is 248 g/mol. The molecule has 0 unspecified atom stereocenters. The van der Waals surface area contributed by atoms with E-state index >= 15 is 0 Å². The van der Waals surface area contributed by atoms with E-state index in [4.69, 9.17) is 11.6 Å². The number of benzene rings is 1. The highest BCUT2D eigenvalue weighted by atomic mass is 35.5. The lowest BCUT2D eigenvalue weighted by Gasteiger charge is -2.30. The molecule has 1 aromatic carbocycles. The van der Waals surface area contributed by atoms with Gasteiger partial charge < -0.3 is 4.90 Å². The molecule has 0 N–H and O–H groups in total. The molecule has 0 radical (unpaired) electrons. The lowest BCUT2D eigenvalue weighted by molar-refractivity contribution is 0.619. The topological polar surface area (TPSA) is 27.0 Å². The lowest BCUT2D eigenvalue weighted by Crippen LogP contribution is -2.33. The molecule has 0 atom stereocenters. The number of nitriles is 1. The van der Waals surface area contributed by atoms with Crippen LogP contribution in [0.1, 0.15) is 38.2 Å². The quantitative estimate of drug-likeness (QED) is 0.809. The van der Waals surface area contributed by atoms with Crippen LogP contribution in [0.3, 0.4) is 0 Å². The van der Waals surface area contributed by atoms with Crippen molar-refractivity contribution in [2.24, 2.45) is 0 Å². The molecule has 0 amide bonds. The van der Waals surface area contributed by atoms with Crippen molar-refractivity contribution in [1.82, 2.24) is 0 Å². The smallest absolute Gasteiger partial charge is 0.103 e. The Morgan fingerprint density at radius 3 is 2.71 bits per heavy atom. The summed E-state index contributed by atoms with van der Waals surface area (Å²) in [6.07, 6.45) is 5.05. The van der Waals surface area contributed by atoms with Gasteiger partial charge >= 0.3 is 0 Å². The van der Waals surface area contributed by atoms with Crippen molar-refractivity contribution in [2.45, 2.75) is 38.6 Å². The fourth-order valence-corrected chi connectivity index (χ4v) is 2.92. The molecule has 17 heavy (non-hydrogen) atoms. The SMILES string of the molecule is CCN(c1cccc(Cl)c1C#N)C1CCCC1. The van der Waals surface area contributed by atoms with Crippen LogP contribution >= 0.6 is 11.6 Å². The average molecular weight is 249 g/mol.